The Morgan fingerprint density at radius 1 is 1.13 bits per heavy atom. The first-order chi connectivity index (χ1) is 15.1. The van der Waals surface area contributed by atoms with Crippen molar-refractivity contribution in [2.24, 2.45) is 0 Å². The summed E-state index contributed by atoms with van der Waals surface area (Å²) in [5.74, 6) is 0.334. The van der Waals surface area contributed by atoms with Crippen molar-refractivity contribution >= 4 is 17.2 Å². The third kappa shape index (κ3) is 4.90. The van der Waals surface area contributed by atoms with E-state index in [-0.39, 0.29) is 11.5 Å². The maximum absolute atomic E-state index is 12.7. The van der Waals surface area contributed by atoms with Crippen LogP contribution >= 0.6 is 11.3 Å². The number of nitrogens with zero attached hydrogens (tertiary/aromatic N) is 2. The number of carbonyl (C=O) groups is 1. The predicted molar refractivity (Wildman–Crippen MR) is 121 cm³/mol. The number of rotatable bonds is 7. The smallest absolute Gasteiger partial charge is 0.261 e. The molecule has 7 heteroatoms. The lowest BCUT2D eigenvalue weighted by molar-refractivity contribution is 0.0954. The van der Waals surface area contributed by atoms with Gasteiger partial charge < -0.3 is 10.1 Å². The second kappa shape index (κ2) is 9.40. The number of thiophene rings is 1. The number of benzene rings is 1. The molecule has 1 aromatic carbocycles. The van der Waals surface area contributed by atoms with E-state index in [0.29, 0.717) is 29.5 Å². The maximum atomic E-state index is 12.7. The molecule has 4 rings (SSSR count). The average molecular weight is 432 g/mol. The van der Waals surface area contributed by atoms with E-state index in [4.69, 9.17) is 4.74 Å². The van der Waals surface area contributed by atoms with E-state index in [1.54, 1.807) is 24.7 Å². The summed E-state index contributed by atoms with van der Waals surface area (Å²) in [7, 11) is 0. The topological polar surface area (TPSA) is 73.2 Å². The Balaban J connectivity index is 1.46. The van der Waals surface area contributed by atoms with Gasteiger partial charge >= 0.3 is 0 Å². The van der Waals surface area contributed by atoms with Gasteiger partial charge in [0.2, 0.25) is 0 Å². The Hall–Kier alpha value is -3.71. The first-order valence-corrected chi connectivity index (χ1v) is 10.6. The quantitative estimate of drug-likeness (QED) is 0.478. The Morgan fingerprint density at radius 3 is 2.68 bits per heavy atom. The molecule has 4 aromatic rings. The molecule has 0 unspecified atom stereocenters. The zero-order valence-electron chi connectivity index (χ0n) is 16.9. The molecule has 0 aliphatic carbocycles. The number of amides is 1. The minimum atomic E-state index is -0.214. The van der Waals surface area contributed by atoms with Crippen LogP contribution in [0.2, 0.25) is 0 Å². The molecule has 3 heterocycles. The maximum Gasteiger partial charge on any atom is 0.261 e. The fourth-order valence-corrected chi connectivity index (χ4v) is 4.11. The number of aromatic nitrogens is 2. The van der Waals surface area contributed by atoms with Crippen LogP contribution in [0.1, 0.15) is 26.4 Å². The van der Waals surface area contributed by atoms with Crippen LogP contribution < -0.4 is 15.6 Å². The van der Waals surface area contributed by atoms with E-state index in [0.717, 1.165) is 16.7 Å². The van der Waals surface area contributed by atoms with Gasteiger partial charge in [-0.3, -0.25) is 19.1 Å². The fourth-order valence-electron chi connectivity index (χ4n) is 3.12. The van der Waals surface area contributed by atoms with Crippen molar-refractivity contribution in [3.8, 4) is 11.4 Å². The fraction of sp³-hybridized carbons (Fsp3) is 0.125. The summed E-state index contributed by atoms with van der Waals surface area (Å²) in [5.41, 5.74) is 3.19. The molecule has 0 saturated heterocycles. The highest BCUT2D eigenvalue weighted by atomic mass is 32.1. The zero-order valence-corrected chi connectivity index (χ0v) is 17.8. The Morgan fingerprint density at radius 2 is 1.94 bits per heavy atom. The lowest BCUT2D eigenvalue weighted by Gasteiger charge is -2.09. The molecule has 0 aliphatic rings. The van der Waals surface area contributed by atoms with E-state index >= 15 is 0 Å². The second-order valence-electron chi connectivity index (χ2n) is 6.96. The molecular formula is C24H21N3O3S. The molecule has 6 nitrogen and oxygen atoms in total. The minimum Gasteiger partial charge on any atom is -0.489 e. The largest absolute Gasteiger partial charge is 0.489 e. The molecule has 1 N–H and O–H groups in total. The van der Waals surface area contributed by atoms with Crippen molar-refractivity contribution in [1.29, 1.82) is 0 Å². The number of pyridine rings is 2. The normalized spacial score (nSPS) is 10.6. The van der Waals surface area contributed by atoms with Crippen LogP contribution in [0.4, 0.5) is 0 Å². The summed E-state index contributed by atoms with van der Waals surface area (Å²) in [6.07, 6.45) is 5.08. The number of ether oxygens (including phenoxy) is 1. The average Bonchev–Trinajstić information content (AvgIpc) is 3.18. The van der Waals surface area contributed by atoms with Crippen LogP contribution in [-0.2, 0) is 13.2 Å². The van der Waals surface area contributed by atoms with Crippen LogP contribution in [0.3, 0.4) is 0 Å². The molecular weight excluding hydrogens is 410 g/mol. The first kappa shape index (κ1) is 20.6. The van der Waals surface area contributed by atoms with Gasteiger partial charge in [0.15, 0.2) is 0 Å². The summed E-state index contributed by atoms with van der Waals surface area (Å²) >= 11 is 1.32. The van der Waals surface area contributed by atoms with E-state index in [1.165, 1.54) is 22.0 Å². The number of hydrogen-bond donors (Lipinski definition) is 1. The summed E-state index contributed by atoms with van der Waals surface area (Å²) < 4.78 is 7.26. The Labute approximate surface area is 183 Å². The van der Waals surface area contributed by atoms with E-state index in [1.807, 2.05) is 54.8 Å². The zero-order chi connectivity index (χ0) is 21.6. The van der Waals surface area contributed by atoms with Crippen LogP contribution in [0.15, 0.2) is 83.4 Å². The molecule has 0 fully saturated rings. The summed E-state index contributed by atoms with van der Waals surface area (Å²) in [6.45, 7) is 2.63. The predicted octanol–water partition coefficient (Wildman–Crippen LogP) is 4.11. The van der Waals surface area contributed by atoms with Crippen molar-refractivity contribution < 1.29 is 9.53 Å². The highest BCUT2D eigenvalue weighted by Crippen LogP contribution is 2.25. The van der Waals surface area contributed by atoms with Gasteiger partial charge in [-0.15, -0.1) is 11.3 Å². The molecule has 1 amide bonds. The van der Waals surface area contributed by atoms with Gasteiger partial charge in [-0.25, -0.2) is 0 Å². The van der Waals surface area contributed by atoms with Gasteiger partial charge in [0.05, 0.1) is 10.6 Å². The molecule has 0 spiro atoms. The summed E-state index contributed by atoms with van der Waals surface area (Å²) in [5, 5.41) is 4.72. The van der Waals surface area contributed by atoms with Crippen LogP contribution in [0.5, 0.6) is 5.75 Å². The van der Waals surface area contributed by atoms with Crippen molar-refractivity contribution in [2.75, 3.05) is 0 Å². The van der Waals surface area contributed by atoms with Gasteiger partial charge in [-0.1, -0.05) is 36.4 Å². The van der Waals surface area contributed by atoms with Gasteiger partial charge in [0, 0.05) is 36.6 Å². The number of carbonyl (C=O) groups excluding carboxylic acids is 1. The van der Waals surface area contributed by atoms with Gasteiger partial charge in [-0.2, -0.15) is 0 Å². The monoisotopic (exact) mass is 431 g/mol. The van der Waals surface area contributed by atoms with Gasteiger partial charge in [-0.05, 0) is 35.7 Å². The third-order valence-corrected chi connectivity index (χ3v) is 5.86. The lowest BCUT2D eigenvalue weighted by Crippen LogP contribution is -2.23. The summed E-state index contributed by atoms with van der Waals surface area (Å²) in [6, 6.07) is 16.7. The SMILES string of the molecule is Cc1c(-n2ccc(OCc3ccccc3)cc2=O)csc1C(=O)NCc1cccnc1. The van der Waals surface area contributed by atoms with Crippen LogP contribution in [0, 0.1) is 6.92 Å². The van der Waals surface area contributed by atoms with Crippen molar-refractivity contribution in [3.05, 3.63) is 110 Å². The second-order valence-corrected chi connectivity index (χ2v) is 7.84. The molecule has 0 bridgehead atoms. The van der Waals surface area contributed by atoms with Gasteiger partial charge in [0.25, 0.3) is 11.5 Å². The molecule has 156 valence electrons. The first-order valence-electron chi connectivity index (χ1n) is 9.77. The Bertz CT molecular complexity index is 1230. The molecule has 31 heavy (non-hydrogen) atoms. The van der Waals surface area contributed by atoms with Crippen molar-refractivity contribution in [2.45, 2.75) is 20.1 Å². The minimum absolute atomic E-state index is 0.173. The lowest BCUT2D eigenvalue weighted by atomic mass is 10.2. The van der Waals surface area contributed by atoms with Gasteiger partial charge in [0.1, 0.15) is 12.4 Å². The van der Waals surface area contributed by atoms with Crippen molar-refractivity contribution in [3.63, 3.8) is 0 Å². The highest BCUT2D eigenvalue weighted by molar-refractivity contribution is 7.12. The van der Waals surface area contributed by atoms with Crippen LogP contribution in [0.25, 0.3) is 5.69 Å². The van der Waals surface area contributed by atoms with E-state index < -0.39 is 0 Å². The molecule has 0 radical (unpaired) electrons. The number of hydrogen-bond acceptors (Lipinski definition) is 5. The number of nitrogens with one attached hydrogen (secondary N) is 1. The molecule has 0 atom stereocenters. The highest BCUT2D eigenvalue weighted by Gasteiger charge is 2.16. The molecule has 3 aromatic heterocycles. The molecule has 0 aliphatic heterocycles. The van der Waals surface area contributed by atoms with Crippen molar-refractivity contribution in [1.82, 2.24) is 14.9 Å². The van der Waals surface area contributed by atoms with Crippen LogP contribution in [-0.4, -0.2) is 15.5 Å². The third-order valence-electron chi connectivity index (χ3n) is 4.79. The standard InChI is InChI=1S/C24H21N3O3S/c1-17-21(16-31-23(17)24(29)26-14-19-8-5-10-25-13-19)27-11-9-20(12-22(27)28)30-15-18-6-3-2-4-7-18/h2-13,16H,14-15H2,1H3,(H,26,29). The van der Waals surface area contributed by atoms with E-state index in [9.17, 15) is 9.59 Å². The summed E-state index contributed by atoms with van der Waals surface area (Å²) in [4.78, 5) is 29.9. The van der Waals surface area contributed by atoms with E-state index in [2.05, 4.69) is 10.3 Å². The molecule has 0 saturated carbocycles. The Kier molecular flexibility index (Phi) is 6.24.